The second-order valence-electron chi connectivity index (χ2n) is 2.25. The van der Waals surface area contributed by atoms with Crippen LogP contribution in [0.4, 0.5) is 18.9 Å². The van der Waals surface area contributed by atoms with Crippen molar-refractivity contribution in [2.45, 2.75) is 6.36 Å². The Labute approximate surface area is 94.5 Å². The zero-order valence-corrected chi connectivity index (χ0v) is 8.94. The first kappa shape index (κ1) is 11.9. The number of alkyl halides is 3. The molecule has 0 atom stereocenters. The minimum absolute atomic E-state index is 0.167. The van der Waals surface area contributed by atoms with E-state index in [-0.39, 0.29) is 3.70 Å². The average Bonchev–Trinajstić information content (AvgIpc) is 1.99. The first-order chi connectivity index (χ1) is 6.81. The fourth-order valence-corrected chi connectivity index (χ4v) is 1.41. The summed E-state index contributed by atoms with van der Waals surface area (Å²) < 4.78 is 38.9. The fourth-order valence-electron chi connectivity index (χ4n) is 0.784. The number of hydrogen-bond donors (Lipinski definition) is 0. The van der Waals surface area contributed by atoms with E-state index in [4.69, 9.17) is 0 Å². The smallest absolute Gasteiger partial charge is 0.398 e. The molecule has 5 nitrogen and oxygen atoms in total. The lowest BCUT2D eigenvalue weighted by Crippen LogP contribution is -2.18. The van der Waals surface area contributed by atoms with Gasteiger partial charge in [0.2, 0.25) is 5.75 Å². The monoisotopic (exact) mass is 334 g/mol. The van der Waals surface area contributed by atoms with Crippen LogP contribution in [0.5, 0.6) is 5.75 Å². The van der Waals surface area contributed by atoms with Crippen LogP contribution in [0.15, 0.2) is 12.3 Å². The van der Waals surface area contributed by atoms with Crippen LogP contribution in [0.3, 0.4) is 0 Å². The van der Waals surface area contributed by atoms with Crippen molar-refractivity contribution in [1.82, 2.24) is 4.98 Å². The van der Waals surface area contributed by atoms with Crippen LogP contribution in [-0.4, -0.2) is 16.3 Å². The third-order valence-corrected chi connectivity index (χ3v) is 2.04. The van der Waals surface area contributed by atoms with Crippen LogP contribution in [-0.2, 0) is 0 Å². The molecule has 0 amide bonds. The molecule has 1 heterocycles. The summed E-state index contributed by atoms with van der Waals surface area (Å²) in [5.74, 6) is -0.869. The standard InChI is InChI=1S/C6H2F3IN2O3/c7-6(8,9)15-3-1-2-11-5(10)4(3)12(13)14/h1-2H. The Hall–Kier alpha value is -1.13. The summed E-state index contributed by atoms with van der Waals surface area (Å²) in [5.41, 5.74) is -0.796. The Bertz CT molecular complexity index is 396. The van der Waals surface area contributed by atoms with Crippen LogP contribution in [0.25, 0.3) is 0 Å². The van der Waals surface area contributed by atoms with E-state index in [9.17, 15) is 23.3 Å². The van der Waals surface area contributed by atoms with Gasteiger partial charge in [-0.1, -0.05) is 0 Å². The molecule has 0 saturated heterocycles. The number of rotatable bonds is 2. The summed E-state index contributed by atoms with van der Waals surface area (Å²) in [6.45, 7) is 0. The van der Waals surface area contributed by atoms with Crippen LogP contribution in [0.2, 0.25) is 0 Å². The Morgan fingerprint density at radius 2 is 2.13 bits per heavy atom. The minimum atomic E-state index is -4.96. The quantitative estimate of drug-likeness (QED) is 0.361. The zero-order valence-electron chi connectivity index (χ0n) is 6.79. The van der Waals surface area contributed by atoms with Gasteiger partial charge in [-0.05, 0) is 22.6 Å². The summed E-state index contributed by atoms with van der Waals surface area (Å²) in [6.07, 6.45) is -3.97. The molecule has 0 aliphatic carbocycles. The van der Waals surface area contributed by atoms with Crippen molar-refractivity contribution in [3.8, 4) is 5.75 Å². The van der Waals surface area contributed by atoms with Crippen molar-refractivity contribution in [2.75, 3.05) is 0 Å². The fraction of sp³-hybridized carbons (Fsp3) is 0.167. The third-order valence-electron chi connectivity index (χ3n) is 1.25. The molecule has 0 N–H and O–H groups in total. The molecule has 1 aromatic rings. The van der Waals surface area contributed by atoms with Crippen LogP contribution in [0.1, 0.15) is 0 Å². The molecule has 0 bridgehead atoms. The van der Waals surface area contributed by atoms with Gasteiger partial charge >= 0.3 is 12.0 Å². The number of pyridine rings is 1. The van der Waals surface area contributed by atoms with Gasteiger partial charge in [-0.25, -0.2) is 4.98 Å². The van der Waals surface area contributed by atoms with E-state index in [1.54, 1.807) is 0 Å². The van der Waals surface area contributed by atoms with Gasteiger partial charge in [0, 0.05) is 12.3 Å². The van der Waals surface area contributed by atoms with E-state index >= 15 is 0 Å². The van der Waals surface area contributed by atoms with Crippen molar-refractivity contribution in [3.63, 3.8) is 0 Å². The molecule has 0 aliphatic heterocycles. The largest absolute Gasteiger partial charge is 0.573 e. The Balaban J connectivity index is 3.18. The summed E-state index contributed by atoms with van der Waals surface area (Å²) in [4.78, 5) is 13.0. The Morgan fingerprint density at radius 1 is 1.53 bits per heavy atom. The molecule has 0 unspecified atom stereocenters. The normalized spacial score (nSPS) is 11.2. The predicted octanol–water partition coefficient (Wildman–Crippen LogP) is 2.49. The highest BCUT2D eigenvalue weighted by Gasteiger charge is 2.35. The third kappa shape index (κ3) is 3.18. The first-order valence-electron chi connectivity index (χ1n) is 3.36. The summed E-state index contributed by atoms with van der Waals surface area (Å²) in [5, 5.41) is 10.4. The van der Waals surface area contributed by atoms with Gasteiger partial charge in [0.25, 0.3) is 0 Å². The van der Waals surface area contributed by atoms with Gasteiger partial charge in [0.05, 0.1) is 4.92 Å². The molecule has 0 radical (unpaired) electrons. The van der Waals surface area contributed by atoms with Crippen LogP contribution < -0.4 is 4.74 Å². The number of nitro groups is 1. The van der Waals surface area contributed by atoms with Gasteiger partial charge in [-0.15, -0.1) is 13.2 Å². The van der Waals surface area contributed by atoms with E-state index in [1.165, 1.54) is 22.6 Å². The SMILES string of the molecule is O=[N+]([O-])c1c(OC(F)(F)F)ccnc1I. The topological polar surface area (TPSA) is 65.3 Å². The van der Waals surface area contributed by atoms with Gasteiger partial charge in [-0.2, -0.15) is 0 Å². The van der Waals surface area contributed by atoms with Gasteiger partial charge in [0.1, 0.15) is 0 Å². The van der Waals surface area contributed by atoms with E-state index < -0.39 is 22.7 Å². The van der Waals surface area contributed by atoms with Gasteiger partial charge in [-0.3, -0.25) is 10.1 Å². The number of nitrogens with zero attached hydrogens (tertiary/aromatic N) is 2. The number of hydrogen-bond acceptors (Lipinski definition) is 4. The van der Waals surface area contributed by atoms with Crippen LogP contribution >= 0.6 is 22.6 Å². The molecule has 0 saturated carbocycles. The summed E-state index contributed by atoms with van der Waals surface area (Å²) >= 11 is 1.45. The maximum absolute atomic E-state index is 11.8. The van der Waals surface area contributed by atoms with E-state index in [2.05, 4.69) is 9.72 Å². The van der Waals surface area contributed by atoms with Crippen molar-refractivity contribution >= 4 is 28.3 Å². The zero-order chi connectivity index (χ0) is 11.6. The van der Waals surface area contributed by atoms with Crippen molar-refractivity contribution < 1.29 is 22.8 Å². The molecule has 82 valence electrons. The molecule has 0 aliphatic rings. The summed E-state index contributed by atoms with van der Waals surface area (Å²) in [6, 6.07) is 0.786. The van der Waals surface area contributed by atoms with Crippen molar-refractivity contribution in [1.29, 1.82) is 0 Å². The minimum Gasteiger partial charge on any atom is -0.398 e. The van der Waals surface area contributed by atoms with Crippen molar-refractivity contribution in [3.05, 3.63) is 26.1 Å². The number of ether oxygens (including phenoxy) is 1. The second-order valence-corrected chi connectivity index (χ2v) is 3.28. The Morgan fingerprint density at radius 3 is 2.60 bits per heavy atom. The average molecular weight is 334 g/mol. The number of aromatic nitrogens is 1. The molecule has 0 spiro atoms. The molecule has 9 heteroatoms. The van der Waals surface area contributed by atoms with E-state index in [0.717, 1.165) is 12.3 Å². The molecular weight excluding hydrogens is 332 g/mol. The maximum Gasteiger partial charge on any atom is 0.573 e. The molecule has 15 heavy (non-hydrogen) atoms. The first-order valence-corrected chi connectivity index (χ1v) is 4.44. The van der Waals surface area contributed by atoms with E-state index in [0.29, 0.717) is 0 Å². The lowest BCUT2D eigenvalue weighted by molar-refractivity contribution is -0.390. The van der Waals surface area contributed by atoms with Crippen molar-refractivity contribution in [2.24, 2.45) is 0 Å². The summed E-state index contributed by atoms with van der Waals surface area (Å²) in [7, 11) is 0. The maximum atomic E-state index is 11.8. The molecule has 1 aromatic heterocycles. The molecule has 0 aromatic carbocycles. The van der Waals surface area contributed by atoms with Crippen LogP contribution in [0, 0.1) is 13.8 Å². The van der Waals surface area contributed by atoms with Gasteiger partial charge in [0.15, 0.2) is 3.70 Å². The Kier molecular flexibility index (Phi) is 3.31. The molecular formula is C6H2F3IN2O3. The van der Waals surface area contributed by atoms with Gasteiger partial charge < -0.3 is 4.74 Å². The second kappa shape index (κ2) is 4.16. The van der Waals surface area contributed by atoms with E-state index in [1.807, 2.05) is 0 Å². The lowest BCUT2D eigenvalue weighted by atomic mass is 10.4. The molecule has 1 rings (SSSR count). The molecule has 0 fully saturated rings. The highest BCUT2D eigenvalue weighted by molar-refractivity contribution is 14.1. The predicted molar refractivity (Wildman–Crippen MR) is 50.3 cm³/mol. The lowest BCUT2D eigenvalue weighted by Gasteiger charge is -2.08. The highest BCUT2D eigenvalue weighted by atomic mass is 127. The highest BCUT2D eigenvalue weighted by Crippen LogP contribution is 2.33. The number of halogens is 4.